The van der Waals surface area contributed by atoms with Crippen molar-refractivity contribution in [3.8, 4) is 5.75 Å². The number of anilines is 1. The zero-order chi connectivity index (χ0) is 18.8. The van der Waals surface area contributed by atoms with Crippen molar-refractivity contribution in [2.75, 3.05) is 44.7 Å². The Labute approximate surface area is 157 Å². The van der Waals surface area contributed by atoms with E-state index < -0.39 is 0 Å². The number of nitrogens with one attached hydrogen (secondary N) is 2. The number of quaternary nitrogens is 1. The van der Waals surface area contributed by atoms with Crippen LogP contribution in [0, 0.1) is 5.82 Å². The lowest BCUT2D eigenvalue weighted by molar-refractivity contribution is -0.892. The van der Waals surface area contributed by atoms with Gasteiger partial charge in [0.15, 0.2) is 0 Å². The molecule has 0 unspecified atom stereocenters. The lowest BCUT2D eigenvalue weighted by Gasteiger charge is -2.33. The summed E-state index contributed by atoms with van der Waals surface area (Å²) in [6.45, 7) is 3.57. The molecule has 1 aliphatic heterocycles. The van der Waals surface area contributed by atoms with Crippen LogP contribution in [0.3, 0.4) is 0 Å². The van der Waals surface area contributed by atoms with Crippen LogP contribution >= 0.6 is 0 Å². The van der Waals surface area contributed by atoms with E-state index in [9.17, 15) is 9.18 Å². The van der Waals surface area contributed by atoms with Crippen LogP contribution in [-0.2, 0) is 0 Å². The Morgan fingerprint density at radius 3 is 2.74 bits per heavy atom. The number of piperazine rings is 1. The van der Waals surface area contributed by atoms with E-state index in [0.29, 0.717) is 12.2 Å². The summed E-state index contributed by atoms with van der Waals surface area (Å²) in [4.78, 5) is 19.2. The molecule has 1 aliphatic rings. The van der Waals surface area contributed by atoms with Gasteiger partial charge in [-0.3, -0.25) is 4.79 Å². The van der Waals surface area contributed by atoms with Crippen molar-refractivity contribution in [1.29, 1.82) is 0 Å². The molecule has 4 rings (SSSR count). The zero-order valence-electron chi connectivity index (χ0n) is 15.3. The summed E-state index contributed by atoms with van der Waals surface area (Å²) < 4.78 is 19.2. The van der Waals surface area contributed by atoms with Crippen LogP contribution in [0.2, 0.25) is 0 Å². The smallest absolute Gasteiger partial charge is 0.219 e. The first-order valence-electron chi connectivity index (χ1n) is 9.17. The third-order valence-electron chi connectivity index (χ3n) is 5.26. The van der Waals surface area contributed by atoms with Crippen LogP contribution in [0.5, 0.6) is 5.75 Å². The Hall–Kier alpha value is -2.86. The molecule has 5 nitrogen and oxygen atoms in total. The van der Waals surface area contributed by atoms with Crippen molar-refractivity contribution in [3.05, 3.63) is 60.0 Å². The molecule has 0 aliphatic carbocycles. The van der Waals surface area contributed by atoms with Gasteiger partial charge in [0.2, 0.25) is 5.78 Å². The summed E-state index contributed by atoms with van der Waals surface area (Å²) in [6, 6.07) is 12.5. The highest BCUT2D eigenvalue weighted by molar-refractivity contribution is 6.08. The maximum Gasteiger partial charge on any atom is 0.219 e. The minimum Gasteiger partial charge on any atom is -0.497 e. The quantitative estimate of drug-likeness (QED) is 0.677. The fraction of sp³-hybridized carbons (Fsp3) is 0.286. The molecular formula is C21H23FN3O2+. The highest BCUT2D eigenvalue weighted by Crippen LogP contribution is 2.23. The number of halogens is 1. The van der Waals surface area contributed by atoms with Gasteiger partial charge in [0.05, 0.1) is 39.0 Å². The lowest BCUT2D eigenvalue weighted by Crippen LogP contribution is -3.15. The highest BCUT2D eigenvalue weighted by Gasteiger charge is 2.25. The predicted molar refractivity (Wildman–Crippen MR) is 103 cm³/mol. The minimum atomic E-state index is -0.189. The Kier molecular flexibility index (Phi) is 4.81. The zero-order valence-corrected chi connectivity index (χ0v) is 15.3. The average Bonchev–Trinajstić information content (AvgIpc) is 3.12. The lowest BCUT2D eigenvalue weighted by atomic mass is 10.1. The molecule has 0 amide bonds. The number of rotatable bonds is 5. The van der Waals surface area contributed by atoms with Crippen molar-refractivity contribution in [3.63, 3.8) is 0 Å². The van der Waals surface area contributed by atoms with Gasteiger partial charge < -0.3 is 19.5 Å². The predicted octanol–water partition coefficient (Wildman–Crippen LogP) is 1.90. The number of fused-ring (bicyclic) bond motifs is 1. The number of methoxy groups -OCH3 is 1. The van der Waals surface area contributed by atoms with Crippen molar-refractivity contribution >= 4 is 22.4 Å². The fourth-order valence-electron chi connectivity index (χ4n) is 3.73. The highest BCUT2D eigenvalue weighted by atomic mass is 19.1. The van der Waals surface area contributed by atoms with Gasteiger partial charge >= 0.3 is 0 Å². The standard InChI is InChI=1S/C21H22FN3O2/c1-27-15-6-7-16-17(13-23-19(16)12-15)21(26)14-24-8-10-25(11-9-24)20-5-3-2-4-18(20)22/h2-7,12-13,23H,8-11,14H2,1H3/p+1. The molecular weight excluding hydrogens is 345 g/mol. The van der Waals surface area contributed by atoms with E-state index in [1.54, 1.807) is 19.4 Å². The number of aromatic amines is 1. The van der Waals surface area contributed by atoms with Gasteiger partial charge in [0, 0.05) is 28.7 Å². The number of hydrogen-bond acceptors (Lipinski definition) is 3. The van der Waals surface area contributed by atoms with E-state index in [4.69, 9.17) is 4.74 Å². The first-order chi connectivity index (χ1) is 13.2. The summed E-state index contributed by atoms with van der Waals surface area (Å²) in [6.07, 6.45) is 1.78. The summed E-state index contributed by atoms with van der Waals surface area (Å²) in [5, 5.41) is 0.921. The molecule has 6 heteroatoms. The van der Waals surface area contributed by atoms with Gasteiger partial charge in [-0.15, -0.1) is 0 Å². The molecule has 0 bridgehead atoms. The Bertz CT molecular complexity index is 961. The van der Waals surface area contributed by atoms with Gasteiger partial charge in [-0.1, -0.05) is 12.1 Å². The number of ketones is 1. The molecule has 0 radical (unpaired) electrons. The van der Waals surface area contributed by atoms with Crippen LogP contribution in [0.25, 0.3) is 10.9 Å². The minimum absolute atomic E-state index is 0.126. The summed E-state index contributed by atoms with van der Waals surface area (Å²) in [5.74, 6) is 0.699. The molecule has 0 atom stereocenters. The molecule has 0 spiro atoms. The number of benzene rings is 2. The number of carbonyl (C=O) groups is 1. The first-order valence-corrected chi connectivity index (χ1v) is 9.17. The number of nitrogens with zero attached hydrogens (tertiary/aromatic N) is 1. The van der Waals surface area contributed by atoms with Gasteiger partial charge in [-0.05, 0) is 24.3 Å². The maximum atomic E-state index is 14.0. The molecule has 1 aromatic heterocycles. The van der Waals surface area contributed by atoms with Gasteiger partial charge in [-0.25, -0.2) is 4.39 Å². The summed E-state index contributed by atoms with van der Waals surface area (Å²) in [7, 11) is 1.63. The van der Waals surface area contributed by atoms with Crippen LogP contribution < -0.4 is 14.5 Å². The first kappa shape index (κ1) is 17.5. The molecule has 2 aromatic carbocycles. The SMILES string of the molecule is COc1ccc2c(C(=O)C[NH+]3CCN(c4ccccc4F)CC3)c[nH]c2c1. The number of hydrogen-bond donors (Lipinski definition) is 2. The van der Waals surface area contributed by atoms with Crippen LogP contribution in [0.4, 0.5) is 10.1 Å². The Morgan fingerprint density at radius 1 is 1.22 bits per heavy atom. The number of Topliss-reactive ketones (excluding diaryl/α,β-unsaturated/α-hetero) is 1. The maximum absolute atomic E-state index is 14.0. The largest absolute Gasteiger partial charge is 0.497 e. The van der Waals surface area contributed by atoms with Crippen LogP contribution in [-0.4, -0.2) is 50.6 Å². The molecule has 27 heavy (non-hydrogen) atoms. The Balaban J connectivity index is 1.41. The van der Waals surface area contributed by atoms with E-state index in [0.717, 1.165) is 48.4 Å². The number of para-hydroxylation sites is 1. The van der Waals surface area contributed by atoms with E-state index in [1.165, 1.54) is 11.0 Å². The second-order valence-corrected chi connectivity index (χ2v) is 6.90. The molecule has 140 valence electrons. The van der Waals surface area contributed by atoms with Crippen molar-refractivity contribution in [2.24, 2.45) is 0 Å². The van der Waals surface area contributed by atoms with Crippen LogP contribution in [0.15, 0.2) is 48.7 Å². The number of aromatic nitrogens is 1. The third kappa shape index (κ3) is 3.53. The number of ether oxygens (including phenoxy) is 1. The molecule has 2 N–H and O–H groups in total. The van der Waals surface area contributed by atoms with E-state index in [-0.39, 0.29) is 11.6 Å². The van der Waals surface area contributed by atoms with Crippen molar-refractivity contribution in [1.82, 2.24) is 4.98 Å². The van der Waals surface area contributed by atoms with E-state index in [1.807, 2.05) is 30.3 Å². The third-order valence-corrected chi connectivity index (χ3v) is 5.26. The molecule has 3 aromatic rings. The fourth-order valence-corrected chi connectivity index (χ4v) is 3.73. The van der Waals surface area contributed by atoms with Crippen molar-refractivity contribution in [2.45, 2.75) is 0 Å². The van der Waals surface area contributed by atoms with Gasteiger partial charge in [-0.2, -0.15) is 0 Å². The monoisotopic (exact) mass is 368 g/mol. The molecule has 0 saturated carbocycles. The molecule has 1 fully saturated rings. The molecule has 2 heterocycles. The van der Waals surface area contributed by atoms with E-state index >= 15 is 0 Å². The number of H-pyrrole nitrogens is 1. The molecule has 1 saturated heterocycles. The average molecular weight is 368 g/mol. The Morgan fingerprint density at radius 2 is 2.00 bits per heavy atom. The second kappa shape index (κ2) is 7.40. The number of carbonyl (C=O) groups excluding carboxylic acids is 1. The second-order valence-electron chi connectivity index (χ2n) is 6.90. The van der Waals surface area contributed by atoms with Crippen LogP contribution in [0.1, 0.15) is 10.4 Å². The topological polar surface area (TPSA) is 49.8 Å². The summed E-state index contributed by atoms with van der Waals surface area (Å²) in [5.41, 5.74) is 2.27. The van der Waals surface area contributed by atoms with Gasteiger partial charge in [0.1, 0.15) is 18.1 Å². The normalized spacial score (nSPS) is 15.3. The van der Waals surface area contributed by atoms with Crippen molar-refractivity contribution < 1.29 is 18.8 Å². The van der Waals surface area contributed by atoms with Gasteiger partial charge in [0.25, 0.3) is 0 Å². The van der Waals surface area contributed by atoms with E-state index in [2.05, 4.69) is 9.88 Å². The summed E-state index contributed by atoms with van der Waals surface area (Å²) >= 11 is 0.